The van der Waals surface area contributed by atoms with Crippen LogP contribution in [0.2, 0.25) is 5.02 Å². The van der Waals surface area contributed by atoms with Gasteiger partial charge in [0.25, 0.3) is 5.91 Å². The summed E-state index contributed by atoms with van der Waals surface area (Å²) in [5.41, 5.74) is 4.49. The second-order valence-corrected chi connectivity index (χ2v) is 7.87. The summed E-state index contributed by atoms with van der Waals surface area (Å²) in [4.78, 5) is 12.4. The fourth-order valence-electron chi connectivity index (χ4n) is 2.88. The Bertz CT molecular complexity index is 1130. The van der Waals surface area contributed by atoms with E-state index in [1.54, 1.807) is 18.2 Å². The first-order valence-corrected chi connectivity index (χ1v) is 10.1. The minimum absolute atomic E-state index is 0.0149. The molecule has 0 bridgehead atoms. The van der Waals surface area contributed by atoms with Gasteiger partial charge in [0.2, 0.25) is 0 Å². The maximum absolute atomic E-state index is 12.4. The third-order valence-corrected chi connectivity index (χ3v) is 5.49. The van der Waals surface area contributed by atoms with Crippen LogP contribution in [0.3, 0.4) is 0 Å². The summed E-state index contributed by atoms with van der Waals surface area (Å²) in [6.45, 7) is 1.94. The molecule has 1 N–H and O–H groups in total. The molecule has 0 atom stereocenters. The monoisotopic (exact) mass is 464 g/mol. The largest absolute Gasteiger partial charge is 0.321 e. The summed E-state index contributed by atoms with van der Waals surface area (Å²) in [5, 5.41) is 12.8. The van der Waals surface area contributed by atoms with E-state index in [0.29, 0.717) is 22.7 Å². The van der Waals surface area contributed by atoms with Crippen LogP contribution < -0.4 is 5.32 Å². The molecular weight excluding hydrogens is 448 g/mol. The maximum Gasteiger partial charge on any atom is 0.266 e. The van der Waals surface area contributed by atoms with E-state index in [9.17, 15) is 10.1 Å². The highest BCUT2D eigenvalue weighted by Gasteiger charge is 2.11. The Labute approximate surface area is 183 Å². The van der Waals surface area contributed by atoms with Crippen molar-refractivity contribution in [1.29, 1.82) is 5.26 Å². The van der Waals surface area contributed by atoms with Crippen molar-refractivity contribution in [3.63, 3.8) is 0 Å². The topological polar surface area (TPSA) is 52.9 Å². The molecule has 0 aromatic heterocycles. The van der Waals surface area contributed by atoms with Gasteiger partial charge in [-0.1, -0.05) is 70.0 Å². The van der Waals surface area contributed by atoms with Crippen molar-refractivity contribution in [3.05, 3.63) is 104 Å². The fraction of sp³-hybridized carbons (Fsp3) is 0.0833. The molecule has 0 saturated carbocycles. The van der Waals surface area contributed by atoms with Gasteiger partial charge in [0.05, 0.1) is 0 Å². The van der Waals surface area contributed by atoms with Gasteiger partial charge in [-0.25, -0.2) is 0 Å². The second kappa shape index (κ2) is 9.56. The van der Waals surface area contributed by atoms with E-state index < -0.39 is 5.91 Å². The molecule has 5 heteroatoms. The number of rotatable bonds is 5. The molecule has 29 heavy (non-hydrogen) atoms. The molecule has 0 aliphatic rings. The van der Waals surface area contributed by atoms with Gasteiger partial charge < -0.3 is 5.32 Å². The smallest absolute Gasteiger partial charge is 0.266 e. The lowest BCUT2D eigenvalue weighted by Crippen LogP contribution is -2.13. The molecule has 0 fully saturated rings. The number of aryl methyl sites for hydroxylation is 1. The zero-order valence-corrected chi connectivity index (χ0v) is 18.1. The standard InChI is InChI=1S/C24H18BrClN2O/c1-16-5-4-7-21(11-16)28-24(29)20(15-27)12-17-9-10-19(23(26)13-17)14-18-6-2-3-8-22(18)25/h2-13H,14H2,1H3,(H,28,29)/b20-12+. The molecule has 3 rings (SSSR count). The molecule has 144 valence electrons. The highest BCUT2D eigenvalue weighted by Crippen LogP contribution is 2.25. The van der Waals surface area contributed by atoms with Crippen molar-refractivity contribution >= 4 is 45.2 Å². The van der Waals surface area contributed by atoms with E-state index in [2.05, 4.69) is 21.2 Å². The van der Waals surface area contributed by atoms with Gasteiger partial charge in [-0.05, 0) is 59.5 Å². The molecule has 0 spiro atoms. The van der Waals surface area contributed by atoms with Crippen LogP contribution in [0.5, 0.6) is 0 Å². The van der Waals surface area contributed by atoms with Crippen LogP contribution in [0.15, 0.2) is 76.8 Å². The number of hydrogen-bond acceptors (Lipinski definition) is 2. The number of amides is 1. The zero-order chi connectivity index (χ0) is 20.8. The number of nitriles is 1. The highest BCUT2D eigenvalue weighted by molar-refractivity contribution is 9.10. The molecule has 0 aliphatic carbocycles. The Morgan fingerprint density at radius 3 is 2.59 bits per heavy atom. The summed E-state index contributed by atoms with van der Waals surface area (Å²) < 4.78 is 1.03. The SMILES string of the molecule is Cc1cccc(NC(=O)/C(C#N)=C/c2ccc(Cc3ccccc3Br)c(Cl)c2)c1. The van der Waals surface area contributed by atoms with E-state index in [0.717, 1.165) is 21.2 Å². The van der Waals surface area contributed by atoms with Crippen molar-refractivity contribution in [2.75, 3.05) is 5.32 Å². The van der Waals surface area contributed by atoms with Crippen LogP contribution in [0, 0.1) is 18.3 Å². The van der Waals surface area contributed by atoms with E-state index in [4.69, 9.17) is 11.6 Å². The zero-order valence-electron chi connectivity index (χ0n) is 15.7. The van der Waals surface area contributed by atoms with Crippen LogP contribution >= 0.6 is 27.5 Å². The Morgan fingerprint density at radius 1 is 1.10 bits per heavy atom. The van der Waals surface area contributed by atoms with Crippen molar-refractivity contribution < 1.29 is 4.79 Å². The van der Waals surface area contributed by atoms with E-state index in [1.807, 2.05) is 67.6 Å². The quantitative estimate of drug-likeness (QED) is 0.343. The molecule has 0 saturated heterocycles. The molecule has 1 amide bonds. The Morgan fingerprint density at radius 2 is 1.90 bits per heavy atom. The number of benzene rings is 3. The van der Waals surface area contributed by atoms with Crippen molar-refractivity contribution in [2.45, 2.75) is 13.3 Å². The maximum atomic E-state index is 12.4. The fourth-order valence-corrected chi connectivity index (χ4v) is 3.56. The van der Waals surface area contributed by atoms with Gasteiger partial charge in [0, 0.05) is 21.6 Å². The number of carbonyl (C=O) groups excluding carboxylic acids is 1. The summed E-state index contributed by atoms with van der Waals surface area (Å²) in [7, 11) is 0. The highest BCUT2D eigenvalue weighted by atomic mass is 79.9. The molecule has 0 heterocycles. The average Bonchev–Trinajstić information content (AvgIpc) is 2.69. The molecular formula is C24H18BrClN2O. The van der Waals surface area contributed by atoms with Gasteiger partial charge in [0.1, 0.15) is 11.6 Å². The van der Waals surface area contributed by atoms with Crippen LogP contribution in [-0.4, -0.2) is 5.91 Å². The summed E-state index contributed by atoms with van der Waals surface area (Å²) in [5.74, 6) is -0.452. The van der Waals surface area contributed by atoms with Gasteiger partial charge in [-0.2, -0.15) is 5.26 Å². The summed E-state index contributed by atoms with van der Waals surface area (Å²) in [6.07, 6.45) is 2.22. The van der Waals surface area contributed by atoms with Crippen molar-refractivity contribution in [2.24, 2.45) is 0 Å². The Balaban J connectivity index is 1.79. The van der Waals surface area contributed by atoms with Crippen molar-refractivity contribution in [3.8, 4) is 6.07 Å². The van der Waals surface area contributed by atoms with Crippen LogP contribution in [0.4, 0.5) is 5.69 Å². The van der Waals surface area contributed by atoms with Crippen LogP contribution in [0.25, 0.3) is 6.08 Å². The number of anilines is 1. The van der Waals surface area contributed by atoms with Gasteiger partial charge in [0.15, 0.2) is 0 Å². The minimum atomic E-state index is -0.452. The van der Waals surface area contributed by atoms with E-state index in [1.165, 1.54) is 0 Å². The number of nitrogens with one attached hydrogen (secondary N) is 1. The first-order chi connectivity index (χ1) is 14.0. The van der Waals surface area contributed by atoms with Gasteiger partial charge in [-0.3, -0.25) is 4.79 Å². The van der Waals surface area contributed by atoms with E-state index >= 15 is 0 Å². The lowest BCUT2D eigenvalue weighted by atomic mass is 10.0. The Kier molecular flexibility index (Phi) is 6.87. The normalized spacial score (nSPS) is 11.0. The van der Waals surface area contributed by atoms with Crippen molar-refractivity contribution in [1.82, 2.24) is 0 Å². The number of hydrogen-bond donors (Lipinski definition) is 1. The molecule has 0 radical (unpaired) electrons. The predicted octanol–water partition coefficient (Wildman–Crippen LogP) is 6.55. The number of halogens is 2. The van der Waals surface area contributed by atoms with Gasteiger partial charge >= 0.3 is 0 Å². The van der Waals surface area contributed by atoms with Gasteiger partial charge in [-0.15, -0.1) is 0 Å². The lowest BCUT2D eigenvalue weighted by Gasteiger charge is -2.08. The third-order valence-electron chi connectivity index (χ3n) is 4.37. The molecule has 0 unspecified atom stereocenters. The predicted molar refractivity (Wildman–Crippen MR) is 122 cm³/mol. The Hall–Kier alpha value is -2.87. The van der Waals surface area contributed by atoms with E-state index in [-0.39, 0.29) is 5.57 Å². The third kappa shape index (κ3) is 5.57. The van der Waals surface area contributed by atoms with Crippen LogP contribution in [-0.2, 0) is 11.2 Å². The number of nitrogens with zero attached hydrogens (tertiary/aromatic N) is 1. The molecule has 3 aromatic carbocycles. The molecule has 3 nitrogen and oxygen atoms in total. The first-order valence-electron chi connectivity index (χ1n) is 8.98. The summed E-state index contributed by atoms with van der Waals surface area (Å²) >= 11 is 10.0. The lowest BCUT2D eigenvalue weighted by molar-refractivity contribution is -0.112. The van der Waals surface area contributed by atoms with Crippen LogP contribution in [0.1, 0.15) is 22.3 Å². The number of carbonyl (C=O) groups is 1. The minimum Gasteiger partial charge on any atom is -0.321 e. The molecule has 0 aliphatic heterocycles. The second-order valence-electron chi connectivity index (χ2n) is 6.61. The first kappa shape index (κ1) is 20.9. The molecule has 3 aromatic rings. The average molecular weight is 466 g/mol. The summed E-state index contributed by atoms with van der Waals surface area (Å²) in [6, 6.07) is 22.9.